The summed E-state index contributed by atoms with van der Waals surface area (Å²) in [6.45, 7) is -0.171. The fourth-order valence-electron chi connectivity index (χ4n) is 1.95. The highest BCUT2D eigenvalue weighted by molar-refractivity contribution is 7.98. The molecule has 0 aliphatic heterocycles. The first-order valence-electron chi connectivity index (χ1n) is 7.20. The first kappa shape index (κ1) is 19.4. The van der Waals surface area contributed by atoms with Crippen LogP contribution in [0.25, 0.3) is 0 Å². The van der Waals surface area contributed by atoms with Crippen LogP contribution in [0.5, 0.6) is 0 Å². The summed E-state index contributed by atoms with van der Waals surface area (Å²) in [7, 11) is -4.02. The van der Waals surface area contributed by atoms with E-state index in [0.29, 0.717) is 11.8 Å². The van der Waals surface area contributed by atoms with Crippen LogP contribution in [0.3, 0.4) is 0 Å². The molecule has 0 bridgehead atoms. The number of sulfonamides is 1. The van der Waals surface area contributed by atoms with Gasteiger partial charge in [0.25, 0.3) is 0 Å². The van der Waals surface area contributed by atoms with Crippen molar-refractivity contribution in [2.75, 3.05) is 18.1 Å². The fourth-order valence-corrected chi connectivity index (χ4v) is 3.45. The molecule has 0 fully saturated rings. The molecule has 0 heterocycles. The maximum Gasteiger partial charge on any atom is 0.240 e. The van der Waals surface area contributed by atoms with E-state index in [1.807, 2.05) is 12.3 Å². The van der Waals surface area contributed by atoms with Crippen molar-refractivity contribution in [3.63, 3.8) is 0 Å². The van der Waals surface area contributed by atoms with Crippen molar-refractivity contribution in [2.45, 2.75) is 16.2 Å². The van der Waals surface area contributed by atoms with Crippen LogP contribution < -0.4 is 10.0 Å². The van der Waals surface area contributed by atoms with Gasteiger partial charge in [-0.25, -0.2) is 21.9 Å². The Morgan fingerprint density at radius 1 is 1.12 bits per heavy atom. The second-order valence-corrected chi connectivity index (χ2v) is 7.65. The summed E-state index contributed by atoms with van der Waals surface area (Å²) in [5, 5.41) is 2.66. The molecule has 1 amide bonds. The van der Waals surface area contributed by atoms with Crippen molar-refractivity contribution < 1.29 is 22.0 Å². The van der Waals surface area contributed by atoms with Gasteiger partial charge in [0.2, 0.25) is 15.9 Å². The molecule has 0 atom stereocenters. The molecule has 25 heavy (non-hydrogen) atoms. The topological polar surface area (TPSA) is 75.3 Å². The molecule has 2 rings (SSSR count). The molecule has 0 unspecified atom stereocenters. The second kappa shape index (κ2) is 8.41. The van der Waals surface area contributed by atoms with Crippen molar-refractivity contribution in [1.29, 1.82) is 0 Å². The van der Waals surface area contributed by atoms with Crippen LogP contribution in [-0.4, -0.2) is 27.1 Å². The zero-order chi connectivity index (χ0) is 18.4. The first-order chi connectivity index (χ1) is 11.8. The molecule has 0 radical (unpaired) electrons. The Kier molecular flexibility index (Phi) is 6.51. The molecule has 2 N–H and O–H groups in total. The molecule has 0 saturated carbocycles. The van der Waals surface area contributed by atoms with Crippen molar-refractivity contribution in [2.24, 2.45) is 0 Å². The Balaban J connectivity index is 1.90. The minimum absolute atomic E-state index is 0.105. The van der Waals surface area contributed by atoms with Gasteiger partial charge in [-0.1, -0.05) is 6.07 Å². The van der Waals surface area contributed by atoms with E-state index in [1.54, 1.807) is 18.2 Å². The average molecular weight is 386 g/mol. The number of carbonyl (C=O) groups is 1. The van der Waals surface area contributed by atoms with Crippen molar-refractivity contribution in [3.8, 4) is 0 Å². The van der Waals surface area contributed by atoms with E-state index >= 15 is 0 Å². The van der Waals surface area contributed by atoms with E-state index in [9.17, 15) is 22.0 Å². The molecular formula is C16H16F2N2O3S2. The van der Waals surface area contributed by atoms with E-state index in [1.165, 1.54) is 11.8 Å². The third-order valence-electron chi connectivity index (χ3n) is 3.20. The number of halogens is 2. The molecule has 0 spiro atoms. The molecule has 9 heteroatoms. The summed E-state index contributed by atoms with van der Waals surface area (Å²) in [5.41, 5.74) is 0.611. The number of hydrogen-bond acceptors (Lipinski definition) is 4. The lowest BCUT2D eigenvalue weighted by Crippen LogP contribution is -2.28. The van der Waals surface area contributed by atoms with Crippen molar-refractivity contribution in [3.05, 3.63) is 54.1 Å². The number of nitrogens with one attached hydrogen (secondary N) is 2. The zero-order valence-electron chi connectivity index (χ0n) is 13.3. The maximum absolute atomic E-state index is 13.1. The van der Waals surface area contributed by atoms with Crippen LogP contribution in [0.2, 0.25) is 0 Å². The Hall–Kier alpha value is -1.97. The van der Waals surface area contributed by atoms with Crippen LogP contribution in [0.1, 0.15) is 6.42 Å². The predicted octanol–water partition coefficient (Wildman–Crippen LogP) is 2.99. The fraction of sp³-hybridized carbons (Fsp3) is 0.188. The summed E-state index contributed by atoms with van der Waals surface area (Å²) >= 11 is 1.53. The van der Waals surface area contributed by atoms with Crippen LogP contribution in [0.4, 0.5) is 14.5 Å². The van der Waals surface area contributed by atoms with Crippen LogP contribution in [-0.2, 0) is 14.8 Å². The minimum atomic E-state index is -4.02. The summed E-state index contributed by atoms with van der Waals surface area (Å²) < 4.78 is 52.1. The molecule has 5 nitrogen and oxygen atoms in total. The third kappa shape index (κ3) is 5.52. The Labute approximate surface area is 148 Å². The Morgan fingerprint density at radius 3 is 2.56 bits per heavy atom. The highest BCUT2D eigenvalue weighted by Gasteiger charge is 2.16. The number of thioether (sulfide) groups is 1. The standard InChI is InChI=1S/C16H16F2N2O3S2/c1-24-12-4-2-3-11(9-12)20-16(21)7-8-19-25(22,23)13-5-6-14(17)15(18)10-13/h2-6,9-10,19H,7-8H2,1H3,(H,20,21). The van der Waals surface area contributed by atoms with Gasteiger partial charge in [-0.05, 0) is 42.7 Å². The smallest absolute Gasteiger partial charge is 0.240 e. The van der Waals surface area contributed by atoms with Gasteiger partial charge < -0.3 is 5.32 Å². The molecule has 2 aromatic rings. The van der Waals surface area contributed by atoms with Gasteiger partial charge in [-0.3, -0.25) is 4.79 Å². The second-order valence-electron chi connectivity index (χ2n) is 5.00. The number of carbonyl (C=O) groups excluding carboxylic acids is 1. The highest BCUT2D eigenvalue weighted by Crippen LogP contribution is 2.19. The number of anilines is 1. The van der Waals surface area contributed by atoms with Gasteiger partial charge in [-0.15, -0.1) is 11.8 Å². The summed E-state index contributed by atoms with van der Waals surface area (Å²) in [6, 6.07) is 9.50. The van der Waals surface area contributed by atoms with E-state index in [0.717, 1.165) is 17.0 Å². The predicted molar refractivity (Wildman–Crippen MR) is 93.0 cm³/mol. The number of benzene rings is 2. The summed E-state index contributed by atoms with van der Waals surface area (Å²) in [5.74, 6) is -2.76. The highest BCUT2D eigenvalue weighted by atomic mass is 32.2. The Bertz CT molecular complexity index is 873. The molecule has 0 aromatic heterocycles. The maximum atomic E-state index is 13.1. The van der Waals surface area contributed by atoms with Gasteiger partial charge >= 0.3 is 0 Å². The van der Waals surface area contributed by atoms with E-state index in [-0.39, 0.29) is 18.9 Å². The normalized spacial score (nSPS) is 11.3. The Morgan fingerprint density at radius 2 is 1.88 bits per heavy atom. The van der Waals surface area contributed by atoms with Crippen molar-refractivity contribution in [1.82, 2.24) is 4.72 Å². The van der Waals surface area contributed by atoms with Gasteiger partial charge in [0.05, 0.1) is 4.90 Å². The first-order valence-corrected chi connectivity index (χ1v) is 9.91. The third-order valence-corrected chi connectivity index (χ3v) is 5.38. The molecular weight excluding hydrogens is 370 g/mol. The lowest BCUT2D eigenvalue weighted by molar-refractivity contribution is -0.116. The lowest BCUT2D eigenvalue weighted by Gasteiger charge is -2.08. The van der Waals surface area contributed by atoms with Gasteiger partial charge in [0, 0.05) is 23.5 Å². The van der Waals surface area contributed by atoms with Gasteiger partial charge in [0.1, 0.15) is 0 Å². The zero-order valence-corrected chi connectivity index (χ0v) is 14.9. The van der Waals surface area contributed by atoms with E-state index in [2.05, 4.69) is 10.0 Å². The van der Waals surface area contributed by atoms with Crippen LogP contribution >= 0.6 is 11.8 Å². The quantitative estimate of drug-likeness (QED) is 0.718. The largest absolute Gasteiger partial charge is 0.326 e. The molecule has 0 aliphatic carbocycles. The summed E-state index contributed by atoms with van der Waals surface area (Å²) in [4.78, 5) is 12.5. The average Bonchev–Trinajstić information content (AvgIpc) is 2.57. The number of amides is 1. The summed E-state index contributed by atoms with van der Waals surface area (Å²) in [6.07, 6.45) is 1.81. The van der Waals surface area contributed by atoms with Gasteiger partial charge in [0.15, 0.2) is 11.6 Å². The van der Waals surface area contributed by atoms with E-state index < -0.39 is 26.6 Å². The number of hydrogen-bond donors (Lipinski definition) is 2. The SMILES string of the molecule is CSc1cccc(NC(=O)CCNS(=O)(=O)c2ccc(F)c(F)c2)c1. The number of rotatable bonds is 7. The van der Waals surface area contributed by atoms with Gasteiger partial charge in [-0.2, -0.15) is 0 Å². The molecule has 2 aromatic carbocycles. The van der Waals surface area contributed by atoms with Crippen LogP contribution in [0.15, 0.2) is 52.3 Å². The van der Waals surface area contributed by atoms with E-state index in [4.69, 9.17) is 0 Å². The molecule has 0 saturated heterocycles. The minimum Gasteiger partial charge on any atom is -0.326 e. The monoisotopic (exact) mass is 386 g/mol. The lowest BCUT2D eigenvalue weighted by atomic mass is 10.3. The molecule has 0 aliphatic rings. The van der Waals surface area contributed by atoms with Crippen molar-refractivity contribution >= 4 is 33.4 Å². The van der Waals surface area contributed by atoms with Crippen LogP contribution in [0, 0.1) is 11.6 Å². The molecule has 134 valence electrons.